The third kappa shape index (κ3) is 3.64. The van der Waals surface area contributed by atoms with Gasteiger partial charge in [-0.2, -0.15) is 0 Å². The van der Waals surface area contributed by atoms with Crippen LogP contribution in [0.4, 0.5) is 5.69 Å². The van der Waals surface area contributed by atoms with Gasteiger partial charge in [0.05, 0.1) is 9.92 Å². The van der Waals surface area contributed by atoms with Crippen LogP contribution >= 0.6 is 11.6 Å². The molecule has 0 aliphatic heterocycles. The Morgan fingerprint density at radius 2 is 2.00 bits per heavy atom. The van der Waals surface area contributed by atoms with Gasteiger partial charge in [0.25, 0.3) is 0 Å². The van der Waals surface area contributed by atoms with Gasteiger partial charge in [0.1, 0.15) is 5.25 Å². The van der Waals surface area contributed by atoms with Crippen LogP contribution < -0.4 is 11.1 Å². The number of hydrogen-bond acceptors (Lipinski definition) is 4. The van der Waals surface area contributed by atoms with Crippen LogP contribution in [0.5, 0.6) is 0 Å². The number of nitrogens with two attached hydrogens (primary N) is 1. The topological polar surface area (TPSA) is 89.3 Å². The van der Waals surface area contributed by atoms with Crippen molar-refractivity contribution >= 4 is 33.0 Å². The van der Waals surface area contributed by atoms with Crippen LogP contribution in [0.3, 0.4) is 0 Å². The number of carbonyl (C=O) groups excluding carboxylic acids is 1. The molecule has 0 aliphatic rings. The Morgan fingerprint density at radius 1 is 1.40 bits per heavy atom. The number of rotatable bonds is 5. The molecule has 0 aliphatic carbocycles. The lowest BCUT2D eigenvalue weighted by Crippen LogP contribution is -2.42. The monoisotopic (exact) mass is 318 g/mol. The molecule has 7 heteroatoms. The summed E-state index contributed by atoms with van der Waals surface area (Å²) < 4.78 is 24.8. The summed E-state index contributed by atoms with van der Waals surface area (Å²) in [7, 11) is -3.87. The standard InChI is InChI=1S/C13H19ClN2O3S/c1-4-8(2)16-13(17)9(3)20(18,19)12-7-10(15)5-6-11(12)14/h5-9H,4,15H2,1-3H3,(H,16,17). The normalized spacial score (nSPS) is 14.6. The number of nitrogens with one attached hydrogen (secondary N) is 1. The van der Waals surface area contributed by atoms with Crippen LogP contribution in [-0.2, 0) is 14.6 Å². The highest BCUT2D eigenvalue weighted by Crippen LogP contribution is 2.27. The van der Waals surface area contributed by atoms with Crippen LogP contribution in [0.25, 0.3) is 0 Å². The second kappa shape index (κ2) is 6.45. The summed E-state index contributed by atoms with van der Waals surface area (Å²) in [4.78, 5) is 11.8. The molecule has 0 fully saturated rings. The number of sulfone groups is 1. The molecule has 112 valence electrons. The molecule has 1 aromatic rings. The SMILES string of the molecule is CCC(C)NC(=O)C(C)S(=O)(=O)c1cc(N)ccc1Cl. The van der Waals surface area contributed by atoms with Crippen LogP contribution in [-0.4, -0.2) is 25.6 Å². The van der Waals surface area contributed by atoms with E-state index in [4.69, 9.17) is 17.3 Å². The minimum Gasteiger partial charge on any atom is -0.399 e. The van der Waals surface area contributed by atoms with Gasteiger partial charge in [-0.25, -0.2) is 8.42 Å². The number of halogens is 1. The van der Waals surface area contributed by atoms with E-state index in [-0.39, 0.29) is 21.6 Å². The highest BCUT2D eigenvalue weighted by molar-refractivity contribution is 7.92. The Morgan fingerprint density at radius 3 is 2.55 bits per heavy atom. The molecule has 1 rings (SSSR count). The molecule has 1 amide bonds. The first kappa shape index (κ1) is 16.8. The largest absolute Gasteiger partial charge is 0.399 e. The van der Waals surface area contributed by atoms with Crippen molar-refractivity contribution in [3.05, 3.63) is 23.2 Å². The van der Waals surface area contributed by atoms with Crippen LogP contribution in [0.1, 0.15) is 27.2 Å². The molecular weight excluding hydrogens is 300 g/mol. The van der Waals surface area contributed by atoms with Gasteiger partial charge in [-0.1, -0.05) is 18.5 Å². The Bertz CT molecular complexity index is 602. The van der Waals surface area contributed by atoms with E-state index < -0.39 is 21.0 Å². The van der Waals surface area contributed by atoms with Gasteiger partial charge in [-0.3, -0.25) is 4.79 Å². The van der Waals surface area contributed by atoms with Crippen molar-refractivity contribution in [2.75, 3.05) is 5.73 Å². The van der Waals surface area contributed by atoms with E-state index in [0.29, 0.717) is 0 Å². The van der Waals surface area contributed by atoms with Gasteiger partial charge >= 0.3 is 0 Å². The molecule has 0 aromatic heterocycles. The molecule has 2 unspecified atom stereocenters. The summed E-state index contributed by atoms with van der Waals surface area (Å²) >= 11 is 5.90. The van der Waals surface area contributed by atoms with Crippen molar-refractivity contribution in [1.82, 2.24) is 5.32 Å². The van der Waals surface area contributed by atoms with Gasteiger partial charge in [-0.05, 0) is 38.5 Å². The predicted octanol–water partition coefficient (Wildman–Crippen LogP) is 2.00. The molecule has 0 saturated carbocycles. The molecule has 0 saturated heterocycles. The minimum atomic E-state index is -3.87. The average molecular weight is 319 g/mol. The van der Waals surface area contributed by atoms with E-state index in [9.17, 15) is 13.2 Å². The second-order valence-electron chi connectivity index (χ2n) is 4.69. The van der Waals surface area contributed by atoms with E-state index in [1.165, 1.54) is 25.1 Å². The smallest absolute Gasteiger partial charge is 0.238 e. The third-order valence-corrected chi connectivity index (χ3v) is 5.63. The zero-order valence-corrected chi connectivity index (χ0v) is 13.3. The first-order chi connectivity index (χ1) is 9.20. The highest BCUT2D eigenvalue weighted by Gasteiger charge is 2.32. The van der Waals surface area contributed by atoms with Crippen LogP contribution in [0.15, 0.2) is 23.1 Å². The highest BCUT2D eigenvalue weighted by atomic mass is 35.5. The third-order valence-electron chi connectivity index (χ3n) is 3.10. The fraction of sp³-hybridized carbons (Fsp3) is 0.462. The lowest BCUT2D eigenvalue weighted by molar-refractivity contribution is -0.121. The van der Waals surface area contributed by atoms with E-state index >= 15 is 0 Å². The van der Waals surface area contributed by atoms with E-state index in [1.807, 2.05) is 13.8 Å². The predicted molar refractivity (Wildman–Crippen MR) is 80.4 cm³/mol. The lowest BCUT2D eigenvalue weighted by Gasteiger charge is -2.17. The zero-order valence-electron chi connectivity index (χ0n) is 11.7. The van der Waals surface area contributed by atoms with Crippen LogP contribution in [0.2, 0.25) is 5.02 Å². The molecule has 0 spiro atoms. The van der Waals surface area contributed by atoms with Gasteiger partial charge < -0.3 is 11.1 Å². The summed E-state index contributed by atoms with van der Waals surface area (Å²) in [6.45, 7) is 5.05. The van der Waals surface area contributed by atoms with Gasteiger partial charge in [0, 0.05) is 11.7 Å². The van der Waals surface area contributed by atoms with Crippen molar-refractivity contribution < 1.29 is 13.2 Å². The quantitative estimate of drug-likeness (QED) is 0.813. The molecule has 0 radical (unpaired) electrons. The maximum absolute atomic E-state index is 12.4. The maximum atomic E-state index is 12.4. The number of nitrogen functional groups attached to an aromatic ring is 1. The van der Waals surface area contributed by atoms with Gasteiger partial charge in [0.15, 0.2) is 9.84 Å². The molecular formula is C13H19ClN2O3S. The van der Waals surface area contributed by atoms with Crippen molar-refractivity contribution in [2.45, 2.75) is 43.4 Å². The number of hydrogen-bond donors (Lipinski definition) is 2. The number of benzene rings is 1. The Labute approximate surface area is 124 Å². The Kier molecular flexibility index (Phi) is 5.42. The van der Waals surface area contributed by atoms with Crippen molar-refractivity contribution in [3.63, 3.8) is 0 Å². The van der Waals surface area contributed by atoms with Crippen molar-refractivity contribution in [3.8, 4) is 0 Å². The second-order valence-corrected chi connectivity index (χ2v) is 7.34. The van der Waals surface area contributed by atoms with Crippen LogP contribution in [0, 0.1) is 0 Å². The van der Waals surface area contributed by atoms with E-state index in [0.717, 1.165) is 6.42 Å². The fourth-order valence-corrected chi connectivity index (χ4v) is 3.34. The first-order valence-corrected chi connectivity index (χ1v) is 8.21. The summed E-state index contributed by atoms with van der Waals surface area (Å²) in [5, 5.41) is 1.48. The number of carbonyl (C=O) groups is 1. The Balaban J connectivity index is 3.10. The van der Waals surface area contributed by atoms with Gasteiger partial charge in [-0.15, -0.1) is 0 Å². The molecule has 5 nitrogen and oxygen atoms in total. The minimum absolute atomic E-state index is 0.0578. The van der Waals surface area contributed by atoms with Gasteiger partial charge in [0.2, 0.25) is 5.91 Å². The zero-order chi connectivity index (χ0) is 15.5. The summed E-state index contributed by atoms with van der Waals surface area (Å²) in [6.07, 6.45) is 0.720. The number of anilines is 1. The molecule has 3 N–H and O–H groups in total. The fourth-order valence-electron chi connectivity index (χ4n) is 1.53. The molecule has 0 bridgehead atoms. The Hall–Kier alpha value is -1.27. The average Bonchev–Trinajstić information content (AvgIpc) is 2.40. The molecule has 0 heterocycles. The summed E-state index contributed by atoms with van der Waals surface area (Å²) in [6, 6.07) is 4.09. The van der Waals surface area contributed by atoms with E-state index in [1.54, 1.807) is 0 Å². The van der Waals surface area contributed by atoms with Crippen molar-refractivity contribution in [1.29, 1.82) is 0 Å². The summed E-state index contributed by atoms with van der Waals surface area (Å²) in [5.41, 5.74) is 5.86. The summed E-state index contributed by atoms with van der Waals surface area (Å²) in [5.74, 6) is -0.544. The molecule has 20 heavy (non-hydrogen) atoms. The number of amides is 1. The van der Waals surface area contributed by atoms with E-state index in [2.05, 4.69) is 5.32 Å². The maximum Gasteiger partial charge on any atom is 0.238 e. The van der Waals surface area contributed by atoms with Crippen molar-refractivity contribution in [2.24, 2.45) is 0 Å². The first-order valence-electron chi connectivity index (χ1n) is 6.29. The molecule has 2 atom stereocenters. The lowest BCUT2D eigenvalue weighted by atomic mass is 10.2. The molecule has 1 aromatic carbocycles.